The molecule has 16 heavy (non-hydrogen) atoms. The summed E-state index contributed by atoms with van der Waals surface area (Å²) in [5, 5.41) is 0. The fourth-order valence-electron chi connectivity index (χ4n) is 2.29. The molecule has 0 atom stereocenters. The van der Waals surface area contributed by atoms with E-state index in [0.717, 1.165) is 17.9 Å². The third-order valence-corrected chi connectivity index (χ3v) is 3.28. The van der Waals surface area contributed by atoms with Crippen molar-refractivity contribution in [3.8, 4) is 0 Å². The summed E-state index contributed by atoms with van der Waals surface area (Å²) in [7, 11) is 0. The Morgan fingerprint density at radius 1 is 1.31 bits per heavy atom. The van der Waals surface area contributed by atoms with Gasteiger partial charge in [0.05, 0.1) is 5.69 Å². The Morgan fingerprint density at radius 2 is 2.06 bits per heavy atom. The molecule has 1 aromatic carbocycles. The van der Waals surface area contributed by atoms with Crippen LogP contribution < -0.4 is 5.73 Å². The zero-order chi connectivity index (χ0) is 11.4. The molecule has 0 bridgehead atoms. The number of nitrogen functional groups attached to an aromatic ring is 1. The van der Waals surface area contributed by atoms with Crippen molar-refractivity contribution in [1.82, 2.24) is 0 Å². The van der Waals surface area contributed by atoms with Crippen LogP contribution >= 0.6 is 0 Å². The van der Waals surface area contributed by atoms with E-state index in [9.17, 15) is 4.39 Å². The summed E-state index contributed by atoms with van der Waals surface area (Å²) in [6, 6.07) is 4.95. The fourth-order valence-corrected chi connectivity index (χ4v) is 2.29. The second-order valence-electron chi connectivity index (χ2n) is 4.57. The van der Waals surface area contributed by atoms with E-state index in [2.05, 4.69) is 6.08 Å². The van der Waals surface area contributed by atoms with Crippen LogP contribution in [0.3, 0.4) is 0 Å². The maximum atomic E-state index is 13.1. The summed E-state index contributed by atoms with van der Waals surface area (Å²) in [6.45, 7) is 0. The predicted molar refractivity (Wildman–Crippen MR) is 66.4 cm³/mol. The minimum atomic E-state index is -0.331. The third kappa shape index (κ3) is 2.84. The molecule has 0 unspecified atom stereocenters. The Kier molecular flexibility index (Phi) is 3.60. The number of hydrogen-bond donors (Lipinski definition) is 1. The maximum absolute atomic E-state index is 13.1. The maximum Gasteiger partial charge on any atom is 0.146 e. The first-order chi connectivity index (χ1) is 7.75. The number of anilines is 1. The van der Waals surface area contributed by atoms with Crippen LogP contribution in [0.1, 0.15) is 37.7 Å². The predicted octanol–water partition coefficient (Wildman–Crippen LogP) is 4.00. The zero-order valence-corrected chi connectivity index (χ0v) is 9.45. The van der Waals surface area contributed by atoms with E-state index < -0.39 is 0 Å². The highest BCUT2D eigenvalue weighted by Crippen LogP contribution is 2.28. The molecule has 0 radical (unpaired) electrons. The number of halogens is 1. The average Bonchev–Trinajstić information content (AvgIpc) is 2.76. The van der Waals surface area contributed by atoms with Crippen molar-refractivity contribution < 1.29 is 4.39 Å². The van der Waals surface area contributed by atoms with Crippen LogP contribution in [0.15, 0.2) is 24.3 Å². The van der Waals surface area contributed by atoms with Gasteiger partial charge in [-0.05, 0) is 30.0 Å². The summed E-state index contributed by atoms with van der Waals surface area (Å²) in [5.41, 5.74) is 6.53. The highest BCUT2D eigenvalue weighted by molar-refractivity contribution is 5.54. The van der Waals surface area contributed by atoms with Crippen LogP contribution in [0.4, 0.5) is 10.1 Å². The Hall–Kier alpha value is -1.31. The molecule has 0 spiro atoms. The van der Waals surface area contributed by atoms with Gasteiger partial charge in [0.25, 0.3) is 0 Å². The summed E-state index contributed by atoms with van der Waals surface area (Å²) < 4.78 is 13.1. The minimum absolute atomic E-state index is 0.216. The highest BCUT2D eigenvalue weighted by Gasteiger charge is 2.12. The average molecular weight is 219 g/mol. The lowest BCUT2D eigenvalue weighted by molar-refractivity contribution is 0.559. The Labute approximate surface area is 96.2 Å². The molecule has 0 amide bonds. The van der Waals surface area contributed by atoms with Gasteiger partial charge in [0, 0.05) is 0 Å². The second kappa shape index (κ2) is 5.15. The lowest BCUT2D eigenvalue weighted by Crippen LogP contribution is -1.91. The van der Waals surface area contributed by atoms with E-state index in [1.54, 1.807) is 6.07 Å². The van der Waals surface area contributed by atoms with Crippen LogP contribution in [0.2, 0.25) is 0 Å². The molecule has 1 nitrogen and oxygen atoms in total. The molecule has 2 N–H and O–H groups in total. The van der Waals surface area contributed by atoms with Crippen molar-refractivity contribution in [2.24, 2.45) is 5.92 Å². The van der Waals surface area contributed by atoms with E-state index >= 15 is 0 Å². The van der Waals surface area contributed by atoms with Crippen LogP contribution in [-0.2, 0) is 0 Å². The first kappa shape index (κ1) is 11.2. The molecular formula is C14H18FN. The molecule has 1 aliphatic rings. The standard InChI is InChI=1S/C14H18FN/c15-13-10-12(8-9-14(13)16)7-3-6-11-4-1-2-5-11/h3,7-11H,1-2,4-6,16H2/b7-3+. The molecule has 0 aromatic heterocycles. The summed E-state index contributed by atoms with van der Waals surface area (Å²) in [6.07, 6.45) is 10.7. The number of benzene rings is 1. The molecule has 0 heterocycles. The van der Waals surface area contributed by atoms with Gasteiger partial charge in [0.2, 0.25) is 0 Å². The third-order valence-electron chi connectivity index (χ3n) is 3.28. The van der Waals surface area contributed by atoms with Crippen LogP contribution in [0.5, 0.6) is 0 Å². The van der Waals surface area contributed by atoms with Crippen molar-refractivity contribution in [3.63, 3.8) is 0 Å². The molecule has 1 fully saturated rings. The lowest BCUT2D eigenvalue weighted by Gasteiger charge is -2.03. The van der Waals surface area contributed by atoms with Crippen molar-refractivity contribution >= 4 is 11.8 Å². The van der Waals surface area contributed by atoms with Crippen molar-refractivity contribution in [2.75, 3.05) is 5.73 Å². The smallest absolute Gasteiger partial charge is 0.146 e. The monoisotopic (exact) mass is 219 g/mol. The van der Waals surface area contributed by atoms with E-state index in [4.69, 9.17) is 5.73 Å². The zero-order valence-electron chi connectivity index (χ0n) is 9.45. The van der Waals surface area contributed by atoms with Gasteiger partial charge >= 0.3 is 0 Å². The van der Waals surface area contributed by atoms with E-state index in [-0.39, 0.29) is 11.5 Å². The normalized spacial score (nSPS) is 17.3. The molecule has 0 aliphatic heterocycles. The van der Waals surface area contributed by atoms with Crippen LogP contribution in [-0.4, -0.2) is 0 Å². The van der Waals surface area contributed by atoms with Crippen LogP contribution in [0, 0.1) is 11.7 Å². The van der Waals surface area contributed by atoms with E-state index in [1.807, 2.05) is 12.1 Å². The summed E-state index contributed by atoms with van der Waals surface area (Å²) >= 11 is 0. The molecule has 1 aromatic rings. The van der Waals surface area contributed by atoms with Gasteiger partial charge in [-0.25, -0.2) is 4.39 Å². The summed E-state index contributed by atoms with van der Waals surface area (Å²) in [4.78, 5) is 0. The first-order valence-electron chi connectivity index (χ1n) is 5.97. The van der Waals surface area contributed by atoms with E-state index in [1.165, 1.54) is 31.7 Å². The molecule has 2 heteroatoms. The van der Waals surface area contributed by atoms with Gasteiger partial charge in [0.15, 0.2) is 0 Å². The molecular weight excluding hydrogens is 201 g/mol. The second-order valence-corrected chi connectivity index (χ2v) is 4.57. The molecule has 86 valence electrons. The van der Waals surface area contributed by atoms with Gasteiger partial charge in [0.1, 0.15) is 5.82 Å². The van der Waals surface area contributed by atoms with Crippen molar-refractivity contribution in [1.29, 1.82) is 0 Å². The number of allylic oxidation sites excluding steroid dienone is 1. The summed E-state index contributed by atoms with van der Waals surface area (Å²) in [5.74, 6) is 0.512. The SMILES string of the molecule is Nc1ccc(/C=C/CC2CCCC2)cc1F. The number of hydrogen-bond acceptors (Lipinski definition) is 1. The first-order valence-corrected chi connectivity index (χ1v) is 5.97. The Bertz CT molecular complexity index is 378. The molecule has 2 rings (SSSR count). The van der Waals surface area contributed by atoms with Crippen LogP contribution in [0.25, 0.3) is 6.08 Å². The minimum Gasteiger partial charge on any atom is -0.396 e. The fraction of sp³-hybridized carbons (Fsp3) is 0.429. The molecule has 1 aliphatic carbocycles. The lowest BCUT2D eigenvalue weighted by atomic mass is 10.0. The molecule has 0 saturated heterocycles. The molecule has 1 saturated carbocycles. The van der Waals surface area contributed by atoms with Gasteiger partial charge in [-0.15, -0.1) is 0 Å². The Balaban J connectivity index is 1.92. The van der Waals surface area contributed by atoms with Gasteiger partial charge in [-0.1, -0.05) is 43.9 Å². The number of rotatable bonds is 3. The topological polar surface area (TPSA) is 26.0 Å². The largest absolute Gasteiger partial charge is 0.396 e. The van der Waals surface area contributed by atoms with Crippen molar-refractivity contribution in [3.05, 3.63) is 35.7 Å². The number of nitrogens with two attached hydrogens (primary N) is 1. The van der Waals surface area contributed by atoms with Gasteiger partial charge < -0.3 is 5.73 Å². The van der Waals surface area contributed by atoms with Gasteiger partial charge in [-0.3, -0.25) is 0 Å². The quantitative estimate of drug-likeness (QED) is 0.764. The highest BCUT2D eigenvalue weighted by atomic mass is 19.1. The Morgan fingerprint density at radius 3 is 2.75 bits per heavy atom. The van der Waals surface area contributed by atoms with E-state index in [0.29, 0.717) is 0 Å². The van der Waals surface area contributed by atoms with Gasteiger partial charge in [-0.2, -0.15) is 0 Å². The van der Waals surface area contributed by atoms with Crippen molar-refractivity contribution in [2.45, 2.75) is 32.1 Å².